The third-order valence-corrected chi connectivity index (χ3v) is 5.23. The van der Waals surface area contributed by atoms with Crippen LogP contribution in [0.1, 0.15) is 38.7 Å². The second-order valence-electron chi connectivity index (χ2n) is 6.15. The van der Waals surface area contributed by atoms with E-state index in [0.717, 1.165) is 36.9 Å². The first-order valence-electron chi connectivity index (χ1n) is 7.73. The molecule has 1 N–H and O–H groups in total. The summed E-state index contributed by atoms with van der Waals surface area (Å²) in [6.45, 7) is 4.29. The van der Waals surface area contributed by atoms with E-state index in [-0.39, 0.29) is 17.7 Å². The van der Waals surface area contributed by atoms with Crippen LogP contribution in [0.4, 0.5) is 13.2 Å². The summed E-state index contributed by atoms with van der Waals surface area (Å²) in [5.74, 6) is 0.977. The highest BCUT2D eigenvalue weighted by molar-refractivity contribution is 7.99. The van der Waals surface area contributed by atoms with Gasteiger partial charge in [0.25, 0.3) is 0 Å². The topological polar surface area (TPSA) is 42.0 Å². The second kappa shape index (κ2) is 7.55. The van der Waals surface area contributed by atoms with Crippen LogP contribution in [-0.2, 0) is 11.0 Å². The van der Waals surface area contributed by atoms with Crippen molar-refractivity contribution in [3.8, 4) is 0 Å². The summed E-state index contributed by atoms with van der Waals surface area (Å²) < 4.78 is 37.4. The molecule has 0 radical (unpaired) electrons. The molecule has 0 aromatic carbocycles. The molecule has 2 unspecified atom stereocenters. The van der Waals surface area contributed by atoms with E-state index < -0.39 is 11.7 Å². The summed E-state index contributed by atoms with van der Waals surface area (Å²) in [7, 11) is 0. The third-order valence-electron chi connectivity index (χ3n) is 4.29. The van der Waals surface area contributed by atoms with E-state index in [1.807, 2.05) is 0 Å². The largest absolute Gasteiger partial charge is 0.417 e. The fourth-order valence-corrected chi connectivity index (χ4v) is 3.62. The monoisotopic (exact) mass is 346 g/mol. The van der Waals surface area contributed by atoms with Crippen LogP contribution in [-0.4, -0.2) is 22.7 Å². The molecule has 7 heteroatoms. The maximum absolute atomic E-state index is 12.5. The molecule has 1 amide bonds. The molecule has 3 nitrogen and oxygen atoms in total. The minimum absolute atomic E-state index is 0.0951. The summed E-state index contributed by atoms with van der Waals surface area (Å²) >= 11 is 1.15. The first-order chi connectivity index (χ1) is 10.8. The molecule has 0 saturated heterocycles. The summed E-state index contributed by atoms with van der Waals surface area (Å²) in [5, 5.41) is 3.47. The van der Waals surface area contributed by atoms with E-state index >= 15 is 0 Å². The Labute approximate surface area is 138 Å². The Morgan fingerprint density at radius 1 is 1.30 bits per heavy atom. The van der Waals surface area contributed by atoms with Crippen LogP contribution in [0, 0.1) is 11.8 Å². The van der Waals surface area contributed by atoms with Gasteiger partial charge in [0.05, 0.1) is 16.3 Å². The van der Waals surface area contributed by atoms with E-state index in [4.69, 9.17) is 0 Å². The predicted molar refractivity (Wildman–Crippen MR) is 84.1 cm³/mol. The smallest absolute Gasteiger partial charge is 0.352 e. The number of hydrogen-bond donors (Lipinski definition) is 1. The lowest BCUT2D eigenvalue weighted by molar-refractivity contribution is -0.137. The minimum Gasteiger partial charge on any atom is -0.352 e. The van der Waals surface area contributed by atoms with Gasteiger partial charge in [0.1, 0.15) is 0 Å². The zero-order valence-electron chi connectivity index (χ0n) is 13.2. The van der Waals surface area contributed by atoms with Crippen molar-refractivity contribution < 1.29 is 18.0 Å². The zero-order valence-corrected chi connectivity index (χ0v) is 14.0. The predicted octanol–water partition coefficient (Wildman–Crippen LogP) is 4.13. The van der Waals surface area contributed by atoms with Crippen LogP contribution in [0.3, 0.4) is 0 Å². The van der Waals surface area contributed by atoms with E-state index in [1.54, 1.807) is 0 Å². The third kappa shape index (κ3) is 5.12. The van der Waals surface area contributed by atoms with Gasteiger partial charge in [-0.25, -0.2) is 4.98 Å². The van der Waals surface area contributed by atoms with Gasteiger partial charge in [-0.05, 0) is 36.8 Å². The average molecular weight is 346 g/mol. The minimum atomic E-state index is -4.39. The number of carbonyl (C=O) groups is 1. The van der Waals surface area contributed by atoms with Crippen LogP contribution in [0.15, 0.2) is 23.4 Å². The fraction of sp³-hybridized carbons (Fsp3) is 0.625. The molecule has 1 heterocycles. The first kappa shape index (κ1) is 18.1. The highest BCUT2D eigenvalue weighted by Gasteiger charge is 2.31. The van der Waals surface area contributed by atoms with Gasteiger partial charge in [0.2, 0.25) is 5.91 Å². The van der Waals surface area contributed by atoms with Crippen molar-refractivity contribution in [3.63, 3.8) is 0 Å². The van der Waals surface area contributed by atoms with Crippen molar-refractivity contribution in [2.45, 2.75) is 50.4 Å². The Morgan fingerprint density at radius 3 is 2.48 bits per heavy atom. The number of alkyl halides is 3. The molecule has 1 aromatic rings. The number of rotatable bonds is 4. The van der Waals surface area contributed by atoms with Gasteiger partial charge in [-0.2, -0.15) is 13.2 Å². The summed E-state index contributed by atoms with van der Waals surface area (Å²) in [6, 6.07) is 2.46. The van der Waals surface area contributed by atoms with Crippen LogP contribution in [0.25, 0.3) is 0 Å². The number of hydrogen-bond acceptors (Lipinski definition) is 3. The normalized spacial score (nSPS) is 25.2. The van der Waals surface area contributed by atoms with Gasteiger partial charge in [-0.1, -0.05) is 32.0 Å². The summed E-state index contributed by atoms with van der Waals surface area (Å²) in [5.41, 5.74) is -0.781. The van der Waals surface area contributed by atoms with Crippen molar-refractivity contribution >= 4 is 17.7 Å². The van der Waals surface area contributed by atoms with Gasteiger partial charge in [0.15, 0.2) is 0 Å². The van der Waals surface area contributed by atoms with Crippen LogP contribution in [0.5, 0.6) is 0 Å². The number of carbonyl (C=O) groups excluding carboxylic acids is 1. The average Bonchev–Trinajstić information content (AvgIpc) is 2.48. The van der Waals surface area contributed by atoms with Crippen molar-refractivity contribution in [1.29, 1.82) is 0 Å². The molecule has 2 atom stereocenters. The number of amides is 1. The Balaban J connectivity index is 1.84. The van der Waals surface area contributed by atoms with E-state index in [0.29, 0.717) is 16.9 Å². The molecule has 128 valence electrons. The van der Waals surface area contributed by atoms with E-state index in [2.05, 4.69) is 24.1 Å². The van der Waals surface area contributed by atoms with Crippen molar-refractivity contribution in [2.24, 2.45) is 11.8 Å². The molecular weight excluding hydrogens is 325 g/mol. The molecule has 1 saturated carbocycles. The maximum Gasteiger partial charge on any atom is 0.417 e. The highest BCUT2D eigenvalue weighted by atomic mass is 32.2. The lowest BCUT2D eigenvalue weighted by atomic mass is 9.79. The SMILES string of the molecule is CC1CCCC(C)C1NC(=O)CSc1ccc(C(F)(F)F)cn1. The fourth-order valence-electron chi connectivity index (χ4n) is 2.97. The van der Waals surface area contributed by atoms with E-state index in [1.165, 1.54) is 12.5 Å². The second-order valence-corrected chi connectivity index (χ2v) is 7.15. The van der Waals surface area contributed by atoms with E-state index in [9.17, 15) is 18.0 Å². The zero-order chi connectivity index (χ0) is 17.0. The Morgan fingerprint density at radius 2 is 1.96 bits per heavy atom. The first-order valence-corrected chi connectivity index (χ1v) is 8.71. The molecule has 1 aliphatic carbocycles. The molecule has 2 rings (SSSR count). The number of nitrogens with zero attached hydrogens (tertiary/aromatic N) is 1. The maximum atomic E-state index is 12.5. The standard InChI is InChI=1S/C16H21F3N2OS/c1-10-4-3-5-11(2)15(10)21-13(22)9-23-14-7-6-12(8-20-14)16(17,18)19/h6-8,10-11,15H,3-5,9H2,1-2H3,(H,21,22). The van der Waals surface area contributed by atoms with Gasteiger partial charge < -0.3 is 5.32 Å². The van der Waals surface area contributed by atoms with Crippen LogP contribution in [0.2, 0.25) is 0 Å². The van der Waals surface area contributed by atoms with Gasteiger partial charge in [-0.3, -0.25) is 4.79 Å². The Hall–Kier alpha value is -1.24. The molecule has 1 fully saturated rings. The quantitative estimate of drug-likeness (QED) is 0.834. The number of pyridine rings is 1. The Kier molecular flexibility index (Phi) is 5.95. The van der Waals surface area contributed by atoms with Gasteiger partial charge >= 0.3 is 6.18 Å². The van der Waals surface area contributed by atoms with Crippen LogP contribution < -0.4 is 5.32 Å². The number of thioether (sulfide) groups is 1. The lowest BCUT2D eigenvalue weighted by Gasteiger charge is -2.35. The summed E-state index contributed by atoms with van der Waals surface area (Å²) in [4.78, 5) is 15.8. The highest BCUT2D eigenvalue weighted by Crippen LogP contribution is 2.30. The molecule has 0 aliphatic heterocycles. The molecule has 0 bridgehead atoms. The van der Waals surface area contributed by atoms with Crippen molar-refractivity contribution in [2.75, 3.05) is 5.75 Å². The molecule has 1 aromatic heterocycles. The van der Waals surface area contributed by atoms with Gasteiger partial charge in [-0.15, -0.1) is 0 Å². The number of nitrogens with one attached hydrogen (secondary N) is 1. The number of halogens is 3. The molecule has 1 aliphatic rings. The molecule has 23 heavy (non-hydrogen) atoms. The van der Waals surface area contributed by atoms with Crippen molar-refractivity contribution in [1.82, 2.24) is 10.3 Å². The molecular formula is C16H21F3N2OS. The molecule has 0 spiro atoms. The Bertz CT molecular complexity index is 523. The summed E-state index contributed by atoms with van der Waals surface area (Å²) in [6.07, 6.45) is -0.170. The number of aromatic nitrogens is 1. The van der Waals surface area contributed by atoms with Crippen LogP contribution >= 0.6 is 11.8 Å². The van der Waals surface area contributed by atoms with Gasteiger partial charge in [0, 0.05) is 12.2 Å². The lowest BCUT2D eigenvalue weighted by Crippen LogP contribution is -2.46. The van der Waals surface area contributed by atoms with Crippen molar-refractivity contribution in [3.05, 3.63) is 23.9 Å².